The van der Waals surface area contributed by atoms with Crippen LogP contribution in [0, 0.1) is 40.4 Å². The van der Waals surface area contributed by atoms with Crippen LogP contribution in [0.1, 0.15) is 114 Å². The van der Waals surface area contributed by atoms with Crippen LogP contribution in [-0.2, 0) is 23.8 Å². The zero-order chi connectivity index (χ0) is 41.3. The van der Waals surface area contributed by atoms with Crippen molar-refractivity contribution >= 4 is 24.4 Å². The summed E-state index contributed by atoms with van der Waals surface area (Å²) in [6, 6.07) is 0. The van der Waals surface area contributed by atoms with Crippen LogP contribution in [0.25, 0.3) is 0 Å². The van der Waals surface area contributed by atoms with E-state index in [0.717, 1.165) is 45.5 Å². The Morgan fingerprint density at radius 1 is 0.943 bits per heavy atom. The van der Waals surface area contributed by atoms with Crippen molar-refractivity contribution in [1.29, 1.82) is 0 Å². The number of carbonyl (C=O) groups is 2. The van der Waals surface area contributed by atoms with Crippen molar-refractivity contribution in [2.45, 2.75) is 145 Å². The predicted octanol–water partition coefficient (Wildman–Crippen LogP) is 6.48. The number of carbonyl (C=O) groups excluding carboxylic acids is 2. The standard InChI is InChI=1S/C33H46O8.3C2H6.2CH4O.CH4S/c1-17-12-27(41-30(38)22(17)16-40-31-26(35)13-20(34)15-39-31)18(2)23-10-11-24-21-9-8-19-6-5-7-28(36)32(19,3)25(21)14-29(37)33(23,24)4;6*1-2/h5,7-8,18,20-21,23-27,29,31,34-35,37H,6,9-16H2,1-4H3;3*1-2H3;3*2H,1H3/t18?,20-,21+,23?,24?,25?,26+,27?,29-,31+,32+,33-;;;;;;/m1....../s1. The molecule has 11 heteroatoms. The number of aliphatic hydroxyl groups is 5. The summed E-state index contributed by atoms with van der Waals surface area (Å²) in [6.45, 7) is 20.5. The highest BCUT2D eigenvalue weighted by molar-refractivity contribution is 7.79. The van der Waals surface area contributed by atoms with Crippen LogP contribution in [0.5, 0.6) is 0 Å². The van der Waals surface area contributed by atoms with E-state index in [4.69, 9.17) is 24.4 Å². The molecular weight excluding hydrogens is 697 g/mol. The topological polar surface area (TPSA) is 163 Å². The summed E-state index contributed by atoms with van der Waals surface area (Å²) >= 11 is 3.53. The van der Waals surface area contributed by atoms with Gasteiger partial charge in [-0.05, 0) is 93.3 Å². The second kappa shape index (κ2) is 24.8. The number of hydrogen-bond donors (Lipinski definition) is 6. The predicted molar refractivity (Wildman–Crippen MR) is 215 cm³/mol. The Bertz CT molecular complexity index is 1190. The molecule has 1 saturated heterocycles. The number of ketones is 1. The van der Waals surface area contributed by atoms with Crippen LogP contribution in [0.15, 0.2) is 34.9 Å². The molecule has 6 rings (SSSR count). The average molecular weight is 773 g/mol. The summed E-state index contributed by atoms with van der Waals surface area (Å²) in [5.74, 6) is 0.872. The van der Waals surface area contributed by atoms with E-state index < -0.39 is 36.0 Å². The van der Waals surface area contributed by atoms with E-state index in [2.05, 4.69) is 39.5 Å². The summed E-state index contributed by atoms with van der Waals surface area (Å²) in [5, 5.41) is 45.6. The SMILES string of the molecule is CC.CC.CC.CC1=C(CO[C@@H]2OC[C@H](O)C[C@@H]2O)C(=O)OC(C(C)C2CCC3[C@@H]4CC=C5CC=CC(=O)[C@]5(C)C4C[C@@H](O)[C@]23C)C1.CO.CO.CS. The maximum atomic E-state index is 13.2. The number of esters is 1. The third-order valence-corrected chi connectivity index (χ3v) is 12.2. The molecular formula is C42H76O10S. The van der Waals surface area contributed by atoms with Gasteiger partial charge in [0.2, 0.25) is 0 Å². The normalized spacial score (nSPS) is 36.9. The fourth-order valence-corrected chi connectivity index (χ4v) is 9.71. The lowest BCUT2D eigenvalue weighted by Crippen LogP contribution is -2.58. The Hall–Kier alpha value is -1.57. The maximum absolute atomic E-state index is 13.2. The van der Waals surface area contributed by atoms with Crippen molar-refractivity contribution in [3.05, 3.63) is 34.9 Å². The molecule has 2 saturated carbocycles. The lowest BCUT2D eigenvalue weighted by atomic mass is 9.46. The van der Waals surface area contributed by atoms with Gasteiger partial charge in [0, 0.05) is 27.1 Å². The smallest absolute Gasteiger partial charge is 0.336 e. The molecule has 2 heterocycles. The molecule has 0 aromatic heterocycles. The summed E-state index contributed by atoms with van der Waals surface area (Å²) in [7, 11) is 2.00. The highest BCUT2D eigenvalue weighted by Crippen LogP contribution is 2.66. The van der Waals surface area contributed by atoms with Gasteiger partial charge in [0.15, 0.2) is 12.1 Å². The fourth-order valence-electron chi connectivity index (χ4n) is 9.71. The number of thiol groups is 1. The molecule has 0 aromatic rings. The van der Waals surface area contributed by atoms with Gasteiger partial charge >= 0.3 is 5.97 Å². The van der Waals surface area contributed by atoms with Crippen LogP contribution in [-0.4, -0.2) is 102 Å². The van der Waals surface area contributed by atoms with Crippen molar-refractivity contribution < 1.29 is 49.3 Å². The van der Waals surface area contributed by atoms with Gasteiger partial charge in [0.05, 0.1) is 36.4 Å². The maximum Gasteiger partial charge on any atom is 0.336 e. The van der Waals surface area contributed by atoms with Crippen molar-refractivity contribution in [2.75, 3.05) is 33.7 Å². The molecule has 5 unspecified atom stereocenters. The first-order valence-electron chi connectivity index (χ1n) is 19.9. The third kappa shape index (κ3) is 10.8. The summed E-state index contributed by atoms with van der Waals surface area (Å²) < 4.78 is 17.1. The highest BCUT2D eigenvalue weighted by atomic mass is 32.1. The van der Waals surface area contributed by atoms with Gasteiger partial charge in [-0.25, -0.2) is 4.79 Å². The van der Waals surface area contributed by atoms with Gasteiger partial charge < -0.3 is 39.7 Å². The van der Waals surface area contributed by atoms with E-state index >= 15 is 0 Å². The van der Waals surface area contributed by atoms with Crippen LogP contribution in [0.3, 0.4) is 0 Å². The largest absolute Gasteiger partial charge is 0.458 e. The van der Waals surface area contributed by atoms with E-state index in [1.54, 1.807) is 12.3 Å². The molecule has 10 nitrogen and oxygen atoms in total. The Balaban J connectivity index is 0.00000205. The van der Waals surface area contributed by atoms with E-state index in [1.165, 1.54) is 5.57 Å². The molecule has 0 radical (unpaired) electrons. The number of cyclic esters (lactones) is 1. The lowest BCUT2D eigenvalue weighted by molar-refractivity contribution is -0.233. The van der Waals surface area contributed by atoms with Crippen LogP contribution < -0.4 is 0 Å². The Morgan fingerprint density at radius 2 is 1.55 bits per heavy atom. The van der Waals surface area contributed by atoms with Crippen molar-refractivity contribution in [3.63, 3.8) is 0 Å². The van der Waals surface area contributed by atoms with Gasteiger partial charge in [0.25, 0.3) is 0 Å². The van der Waals surface area contributed by atoms with Gasteiger partial charge in [0.1, 0.15) is 12.2 Å². The van der Waals surface area contributed by atoms with E-state index in [0.29, 0.717) is 30.3 Å². The number of ether oxygens (including phenoxy) is 3. The van der Waals surface area contributed by atoms with E-state index in [-0.39, 0.29) is 54.7 Å². The number of fused-ring (bicyclic) bond motifs is 5. The molecule has 3 fully saturated rings. The Kier molecular flexibility index (Phi) is 24.1. The van der Waals surface area contributed by atoms with Crippen molar-refractivity contribution in [2.24, 2.45) is 40.4 Å². The van der Waals surface area contributed by atoms with E-state index in [1.807, 2.05) is 54.5 Å². The highest BCUT2D eigenvalue weighted by Gasteiger charge is 2.64. The van der Waals surface area contributed by atoms with Gasteiger partial charge in [-0.3, -0.25) is 4.79 Å². The minimum atomic E-state index is -0.953. The molecule has 0 spiro atoms. The first kappa shape index (κ1) is 51.4. The molecule has 5 N–H and O–H groups in total. The molecule has 0 aromatic carbocycles. The van der Waals surface area contributed by atoms with Gasteiger partial charge in [-0.1, -0.05) is 78.7 Å². The van der Waals surface area contributed by atoms with E-state index in [9.17, 15) is 24.9 Å². The Labute approximate surface area is 326 Å². The first-order valence-corrected chi connectivity index (χ1v) is 20.8. The minimum Gasteiger partial charge on any atom is -0.458 e. The summed E-state index contributed by atoms with van der Waals surface area (Å²) in [4.78, 5) is 26.4. The zero-order valence-corrected chi connectivity index (χ0v) is 36.0. The fraction of sp³-hybridized carbons (Fsp3) is 0.810. The minimum absolute atomic E-state index is 0.0171. The van der Waals surface area contributed by atoms with Gasteiger partial charge in [-0.2, -0.15) is 12.6 Å². The second-order valence-electron chi connectivity index (χ2n) is 14.1. The van der Waals surface area contributed by atoms with Gasteiger partial charge in [-0.15, -0.1) is 0 Å². The quantitative estimate of drug-likeness (QED) is 0.104. The third-order valence-electron chi connectivity index (χ3n) is 12.2. The molecule has 2 aliphatic heterocycles. The molecule has 310 valence electrons. The molecule has 53 heavy (non-hydrogen) atoms. The molecule has 4 aliphatic carbocycles. The zero-order valence-electron chi connectivity index (χ0n) is 35.1. The average Bonchev–Trinajstić information content (AvgIpc) is 3.56. The lowest BCUT2D eigenvalue weighted by Gasteiger charge is -2.58. The molecule has 12 atom stereocenters. The van der Waals surface area contributed by atoms with Crippen LogP contribution in [0.2, 0.25) is 0 Å². The molecule has 6 aliphatic rings. The number of rotatable bonds is 5. The second-order valence-corrected chi connectivity index (χ2v) is 14.1. The number of allylic oxidation sites excluding steroid dienone is 4. The summed E-state index contributed by atoms with van der Waals surface area (Å²) in [6.07, 6.45) is 9.56. The Morgan fingerprint density at radius 3 is 2.11 bits per heavy atom. The van der Waals surface area contributed by atoms with Crippen LogP contribution >= 0.6 is 12.6 Å². The van der Waals surface area contributed by atoms with Crippen molar-refractivity contribution in [3.8, 4) is 0 Å². The molecule has 0 bridgehead atoms. The number of hydrogen-bond acceptors (Lipinski definition) is 11. The first-order chi connectivity index (χ1) is 25.5. The van der Waals surface area contributed by atoms with Crippen LogP contribution in [0.4, 0.5) is 0 Å². The number of aliphatic hydroxyl groups excluding tert-OH is 5. The monoisotopic (exact) mass is 773 g/mol. The molecule has 0 amide bonds. The summed E-state index contributed by atoms with van der Waals surface area (Å²) in [5.41, 5.74) is 1.78. The van der Waals surface area contributed by atoms with Crippen molar-refractivity contribution in [1.82, 2.24) is 0 Å².